The van der Waals surface area contributed by atoms with Crippen LogP contribution in [0.3, 0.4) is 0 Å². The van der Waals surface area contributed by atoms with Crippen molar-refractivity contribution in [1.82, 2.24) is 5.73 Å². The van der Waals surface area contributed by atoms with Gasteiger partial charge in [0, 0.05) is 6.54 Å². The van der Waals surface area contributed by atoms with Crippen molar-refractivity contribution in [3.8, 4) is 0 Å². The van der Waals surface area contributed by atoms with Crippen molar-refractivity contribution in [3.63, 3.8) is 0 Å². The van der Waals surface area contributed by atoms with Crippen LogP contribution in [0.4, 0.5) is 0 Å². The van der Waals surface area contributed by atoms with Crippen LogP contribution in [0.25, 0.3) is 0 Å². The summed E-state index contributed by atoms with van der Waals surface area (Å²) in [6, 6.07) is 10.4. The Morgan fingerprint density at radius 1 is 1.27 bits per heavy atom. The highest BCUT2D eigenvalue weighted by atomic mass is 14.5. The Kier molecular flexibility index (Phi) is 3.12. The molecule has 0 aliphatic carbocycles. The molecule has 0 heterocycles. The van der Waals surface area contributed by atoms with Crippen LogP contribution in [0, 0.1) is 0 Å². The first kappa shape index (κ1) is 8.28. The van der Waals surface area contributed by atoms with E-state index in [1.807, 2.05) is 6.07 Å². The summed E-state index contributed by atoms with van der Waals surface area (Å²) in [7, 11) is 0. The zero-order valence-electron chi connectivity index (χ0n) is 6.88. The van der Waals surface area contributed by atoms with Gasteiger partial charge in [-0.15, -0.1) is 0 Å². The molecule has 1 unspecified atom stereocenters. The number of benzene rings is 1. The quantitative estimate of drug-likeness (QED) is 0.628. The molecular formula is C10H14N. The molecule has 0 spiro atoms. The maximum atomic E-state index is 7.08. The van der Waals surface area contributed by atoms with Crippen molar-refractivity contribution in [2.45, 2.75) is 19.3 Å². The minimum atomic E-state index is 0.524. The first-order valence-electron chi connectivity index (χ1n) is 4.04. The van der Waals surface area contributed by atoms with E-state index in [2.05, 4.69) is 31.2 Å². The molecule has 1 atom stereocenters. The van der Waals surface area contributed by atoms with E-state index in [4.69, 9.17) is 5.73 Å². The monoisotopic (exact) mass is 148 g/mol. The molecule has 1 aromatic rings. The van der Waals surface area contributed by atoms with Crippen LogP contribution in [-0.4, -0.2) is 6.54 Å². The Bertz CT molecular complexity index is 193. The van der Waals surface area contributed by atoms with Gasteiger partial charge in [-0.3, -0.25) is 5.73 Å². The Balaban J connectivity index is 2.61. The van der Waals surface area contributed by atoms with Crippen molar-refractivity contribution in [2.75, 3.05) is 6.54 Å². The lowest BCUT2D eigenvalue weighted by atomic mass is 9.98. The van der Waals surface area contributed by atoms with Gasteiger partial charge in [0.15, 0.2) is 0 Å². The van der Waals surface area contributed by atoms with Gasteiger partial charge < -0.3 is 0 Å². The second-order valence-corrected chi connectivity index (χ2v) is 2.85. The third-order valence-electron chi connectivity index (χ3n) is 1.95. The number of hydrogen-bond acceptors (Lipinski definition) is 0. The van der Waals surface area contributed by atoms with E-state index in [0.717, 1.165) is 6.42 Å². The normalized spacial score (nSPS) is 12.9. The third kappa shape index (κ3) is 2.35. The topological polar surface area (TPSA) is 23.8 Å². The van der Waals surface area contributed by atoms with Crippen LogP contribution in [0.5, 0.6) is 0 Å². The predicted octanol–water partition coefficient (Wildman–Crippen LogP) is 2.46. The van der Waals surface area contributed by atoms with Gasteiger partial charge in [-0.05, 0) is 17.9 Å². The maximum Gasteiger partial charge on any atom is 0.0105 e. The van der Waals surface area contributed by atoms with Crippen LogP contribution < -0.4 is 5.73 Å². The van der Waals surface area contributed by atoms with Gasteiger partial charge in [-0.25, -0.2) is 0 Å². The minimum Gasteiger partial charge on any atom is -0.258 e. The van der Waals surface area contributed by atoms with Crippen molar-refractivity contribution in [2.24, 2.45) is 0 Å². The Labute approximate surface area is 68.2 Å². The standard InChI is InChI=1S/C10H14N/c1-9(7-8-11)10-5-3-2-4-6-10/h2-6,9,11H,7-8H2,1H3. The highest BCUT2D eigenvalue weighted by molar-refractivity contribution is 5.18. The fraction of sp³-hybridized carbons (Fsp3) is 0.400. The van der Waals surface area contributed by atoms with E-state index < -0.39 is 0 Å². The molecule has 0 fully saturated rings. The molecule has 11 heavy (non-hydrogen) atoms. The van der Waals surface area contributed by atoms with E-state index in [1.54, 1.807) is 0 Å². The maximum absolute atomic E-state index is 7.08. The summed E-state index contributed by atoms with van der Waals surface area (Å²) < 4.78 is 0. The highest BCUT2D eigenvalue weighted by Crippen LogP contribution is 2.16. The second kappa shape index (κ2) is 4.14. The average Bonchev–Trinajstić information content (AvgIpc) is 2.07. The molecule has 0 aliphatic rings. The molecule has 1 aromatic carbocycles. The number of rotatable bonds is 3. The molecule has 1 heteroatoms. The average molecular weight is 148 g/mol. The van der Waals surface area contributed by atoms with Crippen molar-refractivity contribution < 1.29 is 0 Å². The largest absolute Gasteiger partial charge is 0.258 e. The predicted molar refractivity (Wildman–Crippen MR) is 47.4 cm³/mol. The van der Waals surface area contributed by atoms with E-state index in [0.29, 0.717) is 12.5 Å². The zero-order valence-corrected chi connectivity index (χ0v) is 6.88. The van der Waals surface area contributed by atoms with Crippen molar-refractivity contribution in [1.29, 1.82) is 0 Å². The van der Waals surface area contributed by atoms with Crippen LogP contribution in [0.1, 0.15) is 24.8 Å². The van der Waals surface area contributed by atoms with E-state index in [-0.39, 0.29) is 0 Å². The van der Waals surface area contributed by atoms with E-state index in [1.165, 1.54) is 5.56 Å². The molecule has 1 nitrogen and oxygen atoms in total. The van der Waals surface area contributed by atoms with Gasteiger partial charge in [0.2, 0.25) is 0 Å². The van der Waals surface area contributed by atoms with Gasteiger partial charge in [-0.1, -0.05) is 37.3 Å². The van der Waals surface area contributed by atoms with Gasteiger partial charge in [0.05, 0.1) is 0 Å². The van der Waals surface area contributed by atoms with Crippen LogP contribution >= 0.6 is 0 Å². The first-order valence-corrected chi connectivity index (χ1v) is 4.04. The SMILES string of the molecule is CC(CC[NH])c1ccccc1. The Morgan fingerprint density at radius 2 is 1.91 bits per heavy atom. The molecule has 1 radical (unpaired) electrons. The summed E-state index contributed by atoms with van der Waals surface area (Å²) in [6.07, 6.45) is 0.962. The molecule has 0 aromatic heterocycles. The molecule has 0 amide bonds. The summed E-state index contributed by atoms with van der Waals surface area (Å²) in [5.41, 5.74) is 8.43. The lowest BCUT2D eigenvalue weighted by Crippen LogP contribution is -1.96. The third-order valence-corrected chi connectivity index (χ3v) is 1.95. The summed E-state index contributed by atoms with van der Waals surface area (Å²) in [4.78, 5) is 0. The Morgan fingerprint density at radius 3 is 2.45 bits per heavy atom. The highest BCUT2D eigenvalue weighted by Gasteiger charge is 2.01. The fourth-order valence-corrected chi connectivity index (χ4v) is 1.16. The van der Waals surface area contributed by atoms with Gasteiger partial charge >= 0.3 is 0 Å². The summed E-state index contributed by atoms with van der Waals surface area (Å²) >= 11 is 0. The van der Waals surface area contributed by atoms with Gasteiger partial charge in [-0.2, -0.15) is 0 Å². The molecule has 1 N–H and O–H groups in total. The van der Waals surface area contributed by atoms with Crippen LogP contribution in [0.15, 0.2) is 30.3 Å². The van der Waals surface area contributed by atoms with Crippen LogP contribution in [0.2, 0.25) is 0 Å². The van der Waals surface area contributed by atoms with E-state index >= 15 is 0 Å². The summed E-state index contributed by atoms with van der Waals surface area (Å²) in [6.45, 7) is 2.69. The van der Waals surface area contributed by atoms with Gasteiger partial charge in [0.25, 0.3) is 0 Å². The van der Waals surface area contributed by atoms with E-state index in [9.17, 15) is 0 Å². The van der Waals surface area contributed by atoms with Crippen molar-refractivity contribution >= 4 is 0 Å². The summed E-state index contributed by atoms with van der Waals surface area (Å²) in [5, 5.41) is 0. The van der Waals surface area contributed by atoms with Crippen LogP contribution in [-0.2, 0) is 0 Å². The first-order chi connectivity index (χ1) is 5.34. The molecule has 0 saturated heterocycles. The number of nitrogens with one attached hydrogen (secondary N) is 1. The molecule has 59 valence electrons. The molecule has 0 aliphatic heterocycles. The molecule has 1 rings (SSSR count). The smallest absolute Gasteiger partial charge is 0.0105 e. The lowest BCUT2D eigenvalue weighted by molar-refractivity contribution is 0.682. The van der Waals surface area contributed by atoms with Crippen molar-refractivity contribution in [3.05, 3.63) is 35.9 Å². The number of hydrogen-bond donors (Lipinski definition) is 0. The lowest BCUT2D eigenvalue weighted by Gasteiger charge is -2.08. The minimum absolute atomic E-state index is 0.524. The van der Waals surface area contributed by atoms with Gasteiger partial charge in [0.1, 0.15) is 0 Å². The second-order valence-electron chi connectivity index (χ2n) is 2.85. The zero-order chi connectivity index (χ0) is 8.10. The molecular weight excluding hydrogens is 134 g/mol. The fourth-order valence-electron chi connectivity index (χ4n) is 1.16. The molecule has 0 saturated carbocycles. The summed E-state index contributed by atoms with van der Waals surface area (Å²) in [5.74, 6) is 0.536. The Hall–Kier alpha value is -0.820. The molecule has 0 bridgehead atoms.